The molecule has 0 aliphatic carbocycles. The largest absolute Gasteiger partial charge is 0.475 e. The normalized spacial score (nSPS) is 8.56. The SMILES string of the molecule is CC(=O)[CH]C(=O)C(=O)O. The summed E-state index contributed by atoms with van der Waals surface area (Å²) < 4.78 is 0. The molecule has 0 aliphatic rings. The van der Waals surface area contributed by atoms with Crippen LogP contribution in [-0.2, 0) is 14.4 Å². The van der Waals surface area contributed by atoms with Crippen molar-refractivity contribution < 1.29 is 19.5 Å². The summed E-state index contributed by atoms with van der Waals surface area (Å²) in [5.74, 6) is -3.34. The van der Waals surface area contributed by atoms with E-state index in [4.69, 9.17) is 5.11 Å². The van der Waals surface area contributed by atoms with Crippen LogP contribution in [0.5, 0.6) is 0 Å². The van der Waals surface area contributed by atoms with Crippen LogP contribution in [0.15, 0.2) is 0 Å². The van der Waals surface area contributed by atoms with E-state index in [1.165, 1.54) is 0 Å². The molecule has 4 nitrogen and oxygen atoms in total. The number of carboxylic acid groups (broad SMARTS) is 1. The van der Waals surface area contributed by atoms with Gasteiger partial charge in [0.05, 0.1) is 0 Å². The fourth-order valence-corrected chi connectivity index (χ4v) is 0.246. The second kappa shape index (κ2) is 2.96. The van der Waals surface area contributed by atoms with Crippen molar-refractivity contribution in [1.82, 2.24) is 0 Å². The molecule has 0 aromatic carbocycles. The number of carbonyl (C=O) groups excluding carboxylic acids is 2. The number of carboxylic acids is 1. The van der Waals surface area contributed by atoms with Gasteiger partial charge in [0.2, 0.25) is 0 Å². The molecule has 0 aromatic rings. The average molecular weight is 129 g/mol. The number of Topliss-reactive ketones (excluding diaryl/α,β-unsaturated/α-hetero) is 2. The van der Waals surface area contributed by atoms with Gasteiger partial charge in [0.15, 0.2) is 0 Å². The van der Waals surface area contributed by atoms with Crippen LogP contribution in [0.1, 0.15) is 6.92 Å². The molecule has 1 N–H and O–H groups in total. The molecule has 1 radical (unpaired) electrons. The Morgan fingerprint density at radius 2 is 1.78 bits per heavy atom. The summed E-state index contributed by atoms with van der Waals surface area (Å²) in [7, 11) is 0. The van der Waals surface area contributed by atoms with Crippen molar-refractivity contribution in [2.24, 2.45) is 0 Å². The molecule has 0 bridgehead atoms. The van der Waals surface area contributed by atoms with Crippen LogP contribution in [0.25, 0.3) is 0 Å². The summed E-state index contributed by atoms with van der Waals surface area (Å²) >= 11 is 0. The molecule has 4 heteroatoms. The second-order valence-electron chi connectivity index (χ2n) is 1.42. The second-order valence-corrected chi connectivity index (χ2v) is 1.42. The minimum absolute atomic E-state index is 0.530. The van der Waals surface area contributed by atoms with Crippen molar-refractivity contribution in [3.05, 3.63) is 6.42 Å². The van der Waals surface area contributed by atoms with E-state index in [1.807, 2.05) is 0 Å². The third-order valence-corrected chi connectivity index (χ3v) is 0.545. The predicted molar refractivity (Wildman–Crippen MR) is 27.6 cm³/mol. The van der Waals surface area contributed by atoms with Gasteiger partial charge in [-0.15, -0.1) is 0 Å². The van der Waals surface area contributed by atoms with E-state index < -0.39 is 17.5 Å². The Morgan fingerprint density at radius 1 is 1.33 bits per heavy atom. The molecule has 0 fully saturated rings. The number of ketones is 2. The molecule has 9 heavy (non-hydrogen) atoms. The van der Waals surface area contributed by atoms with Crippen LogP contribution in [0.2, 0.25) is 0 Å². The van der Waals surface area contributed by atoms with Crippen molar-refractivity contribution in [1.29, 1.82) is 0 Å². The number of aliphatic carboxylic acids is 1. The van der Waals surface area contributed by atoms with Crippen LogP contribution >= 0.6 is 0 Å². The van der Waals surface area contributed by atoms with Gasteiger partial charge in [-0.3, -0.25) is 9.59 Å². The third kappa shape index (κ3) is 3.40. The van der Waals surface area contributed by atoms with E-state index in [9.17, 15) is 14.4 Å². The van der Waals surface area contributed by atoms with Crippen molar-refractivity contribution in [2.75, 3.05) is 0 Å². The van der Waals surface area contributed by atoms with Gasteiger partial charge in [0, 0.05) is 0 Å². The van der Waals surface area contributed by atoms with Gasteiger partial charge in [0.1, 0.15) is 12.2 Å². The van der Waals surface area contributed by atoms with Gasteiger partial charge in [-0.2, -0.15) is 0 Å². The maximum absolute atomic E-state index is 10.1. The number of hydrogen-bond acceptors (Lipinski definition) is 3. The van der Waals surface area contributed by atoms with Crippen LogP contribution in [-0.4, -0.2) is 22.6 Å². The van der Waals surface area contributed by atoms with Crippen LogP contribution in [0, 0.1) is 6.42 Å². The number of carbonyl (C=O) groups is 3. The van der Waals surface area contributed by atoms with E-state index in [0.717, 1.165) is 6.92 Å². The molecule has 0 amide bonds. The fraction of sp³-hybridized carbons (Fsp3) is 0.200. The summed E-state index contributed by atoms with van der Waals surface area (Å²) in [6, 6.07) is 0. The highest BCUT2D eigenvalue weighted by Crippen LogP contribution is 1.81. The summed E-state index contributed by atoms with van der Waals surface area (Å²) in [6.07, 6.45) is 0.530. The first kappa shape index (κ1) is 7.81. The zero-order valence-corrected chi connectivity index (χ0v) is 4.75. The minimum Gasteiger partial charge on any atom is -0.475 e. The molecule has 0 heterocycles. The lowest BCUT2D eigenvalue weighted by Gasteiger charge is -1.85. The van der Waals surface area contributed by atoms with Gasteiger partial charge in [-0.1, -0.05) is 0 Å². The average Bonchev–Trinajstić information content (AvgIpc) is 1.63. The topological polar surface area (TPSA) is 71.4 Å². The van der Waals surface area contributed by atoms with E-state index in [1.54, 1.807) is 0 Å². The first-order valence-corrected chi connectivity index (χ1v) is 2.16. The maximum atomic E-state index is 10.1. The zero-order valence-electron chi connectivity index (χ0n) is 4.75. The predicted octanol–water partition coefficient (Wildman–Crippen LogP) is -0.567. The van der Waals surface area contributed by atoms with E-state index in [0.29, 0.717) is 6.42 Å². The molecule has 0 saturated heterocycles. The molecule has 0 unspecified atom stereocenters. The molecule has 0 spiro atoms. The van der Waals surface area contributed by atoms with E-state index in [-0.39, 0.29) is 0 Å². The minimum atomic E-state index is -1.61. The molecular weight excluding hydrogens is 124 g/mol. The molecule has 0 saturated carbocycles. The molecule has 0 aliphatic heterocycles. The summed E-state index contributed by atoms with van der Waals surface area (Å²) in [6.45, 7) is 1.11. The highest BCUT2D eigenvalue weighted by molar-refractivity contribution is 6.41. The summed E-state index contributed by atoms with van der Waals surface area (Å²) in [4.78, 5) is 29.8. The van der Waals surface area contributed by atoms with Crippen LogP contribution < -0.4 is 0 Å². The summed E-state index contributed by atoms with van der Waals surface area (Å²) in [5.41, 5.74) is 0. The van der Waals surface area contributed by atoms with Gasteiger partial charge in [-0.25, -0.2) is 4.79 Å². The standard InChI is InChI=1S/C5H5O4/c1-3(6)2-4(7)5(8)9/h2H,1H3,(H,8,9). The van der Waals surface area contributed by atoms with Gasteiger partial charge in [-0.05, 0) is 6.92 Å². The lowest BCUT2D eigenvalue weighted by Crippen LogP contribution is -2.16. The molecule has 0 rings (SSSR count). The Morgan fingerprint density at radius 3 is 1.89 bits per heavy atom. The highest BCUT2D eigenvalue weighted by atomic mass is 16.4. The summed E-state index contributed by atoms with van der Waals surface area (Å²) in [5, 5.41) is 7.90. The Bertz CT molecular complexity index is 158. The van der Waals surface area contributed by atoms with Gasteiger partial charge in [0.25, 0.3) is 5.78 Å². The van der Waals surface area contributed by atoms with E-state index in [2.05, 4.69) is 0 Å². The molecule has 49 valence electrons. The maximum Gasteiger partial charge on any atom is 0.372 e. The zero-order chi connectivity index (χ0) is 7.44. The fourth-order valence-electron chi connectivity index (χ4n) is 0.246. The molecular formula is C5H5O4. The van der Waals surface area contributed by atoms with Crippen molar-refractivity contribution in [3.63, 3.8) is 0 Å². The Balaban J connectivity index is 3.79. The smallest absolute Gasteiger partial charge is 0.372 e. The first-order chi connectivity index (χ1) is 4.04. The van der Waals surface area contributed by atoms with Gasteiger partial charge < -0.3 is 5.11 Å². The third-order valence-electron chi connectivity index (χ3n) is 0.545. The first-order valence-electron chi connectivity index (χ1n) is 2.16. The Hall–Kier alpha value is -1.19. The number of hydrogen-bond donors (Lipinski definition) is 1. The monoisotopic (exact) mass is 129 g/mol. The van der Waals surface area contributed by atoms with Crippen molar-refractivity contribution in [2.45, 2.75) is 6.92 Å². The molecule has 0 aromatic heterocycles. The van der Waals surface area contributed by atoms with Gasteiger partial charge >= 0.3 is 5.97 Å². The van der Waals surface area contributed by atoms with Crippen LogP contribution in [0.3, 0.4) is 0 Å². The van der Waals surface area contributed by atoms with Crippen LogP contribution in [0.4, 0.5) is 0 Å². The quantitative estimate of drug-likeness (QED) is 0.409. The van der Waals surface area contributed by atoms with Crippen molar-refractivity contribution in [3.8, 4) is 0 Å². The Labute approximate surface area is 51.5 Å². The number of rotatable bonds is 3. The highest BCUT2D eigenvalue weighted by Gasteiger charge is 2.13. The van der Waals surface area contributed by atoms with E-state index >= 15 is 0 Å². The lowest BCUT2D eigenvalue weighted by molar-refractivity contribution is -0.148. The molecule has 0 atom stereocenters. The van der Waals surface area contributed by atoms with Crippen molar-refractivity contribution >= 4 is 17.5 Å². The lowest BCUT2D eigenvalue weighted by atomic mass is 10.2. The Kier molecular flexibility index (Phi) is 2.57.